The molecule has 0 aliphatic heterocycles. The Balaban J connectivity index is 0.000000164. The number of nitrogens with zero attached hydrogens (tertiary/aromatic N) is 5. The fourth-order valence-electron chi connectivity index (χ4n) is 9.65. The Labute approximate surface area is 494 Å². The molecule has 0 radical (unpaired) electrons. The summed E-state index contributed by atoms with van der Waals surface area (Å²) in [6.07, 6.45) is 0.992. The third-order valence-electron chi connectivity index (χ3n) is 15.1. The largest absolute Gasteiger partial charge is 0.495 e. The topological polar surface area (TPSA) is 66.5 Å². The molecular formula is C77H77N5O. The second kappa shape index (κ2) is 26.8. The molecule has 0 unspecified atom stereocenters. The van der Waals surface area contributed by atoms with E-state index < -0.39 is 10.8 Å². The van der Waals surface area contributed by atoms with Gasteiger partial charge in [-0.3, -0.25) is 0 Å². The van der Waals surface area contributed by atoms with Crippen molar-refractivity contribution in [1.82, 2.24) is 0 Å². The van der Waals surface area contributed by atoms with Crippen molar-refractivity contribution < 1.29 is 4.74 Å². The average molecular weight is 1090 g/mol. The van der Waals surface area contributed by atoms with Crippen molar-refractivity contribution in [2.24, 2.45) is 0 Å². The van der Waals surface area contributed by atoms with Gasteiger partial charge in [0.1, 0.15) is 5.75 Å². The van der Waals surface area contributed by atoms with Crippen molar-refractivity contribution in [1.29, 1.82) is 10.5 Å². The van der Waals surface area contributed by atoms with Crippen molar-refractivity contribution >= 4 is 51.2 Å². The summed E-state index contributed by atoms with van der Waals surface area (Å²) < 4.78 is 5.72. The summed E-state index contributed by atoms with van der Waals surface area (Å²) in [6.45, 7) is 22.6. The lowest BCUT2D eigenvalue weighted by Gasteiger charge is -2.27. The number of rotatable bonds is 14. The SMILES string of the molecule is CCc1ccc(N(c2ccc(C)cc2)c2ccc(C)cc2)c(OC)c1.Cc1ccc(N(c2ccc(C)cc2)c2ccc(-c3ccc(C(C)(C)C#N)cc3)cc2)cc1.Cc1ccc(N(c2ccc(C)cc2)c2ccc(C(C)(C)C#N)cc2)cc1. The van der Waals surface area contributed by atoms with Crippen molar-refractivity contribution in [3.63, 3.8) is 0 Å². The minimum absolute atomic E-state index is 0.481. The first kappa shape index (κ1) is 59.5. The van der Waals surface area contributed by atoms with E-state index in [1.807, 2.05) is 39.8 Å². The van der Waals surface area contributed by atoms with Crippen molar-refractivity contribution in [2.45, 2.75) is 93.4 Å². The fourth-order valence-corrected chi connectivity index (χ4v) is 9.65. The molecule has 10 aromatic carbocycles. The van der Waals surface area contributed by atoms with Crippen LogP contribution in [0.2, 0.25) is 0 Å². The first-order valence-electron chi connectivity index (χ1n) is 28.5. The molecule has 0 fully saturated rings. The maximum Gasteiger partial charge on any atom is 0.143 e. The normalized spacial score (nSPS) is 10.9. The summed E-state index contributed by atoms with van der Waals surface area (Å²) >= 11 is 0. The summed E-state index contributed by atoms with van der Waals surface area (Å²) in [5.74, 6) is 0.889. The molecule has 10 rings (SSSR count). The van der Waals surface area contributed by atoms with Crippen molar-refractivity contribution in [3.8, 4) is 29.0 Å². The average Bonchev–Trinajstić information content (AvgIpc) is 3.71. The van der Waals surface area contributed by atoms with Crippen molar-refractivity contribution in [3.05, 3.63) is 287 Å². The van der Waals surface area contributed by atoms with E-state index in [1.165, 1.54) is 38.9 Å². The monoisotopic (exact) mass is 1090 g/mol. The van der Waals surface area contributed by atoms with Gasteiger partial charge in [-0.15, -0.1) is 0 Å². The lowest BCUT2D eigenvalue weighted by Crippen LogP contribution is -2.14. The van der Waals surface area contributed by atoms with Crippen LogP contribution in [0.15, 0.2) is 237 Å². The van der Waals surface area contributed by atoms with Crippen LogP contribution < -0.4 is 19.4 Å². The van der Waals surface area contributed by atoms with Gasteiger partial charge >= 0.3 is 0 Å². The Hall–Kier alpha value is -9.62. The Bertz CT molecular complexity index is 3640. The lowest BCUT2D eigenvalue weighted by atomic mass is 9.85. The number of ether oxygens (including phenoxy) is 1. The molecule has 10 aromatic rings. The maximum absolute atomic E-state index is 9.38. The molecule has 0 bridgehead atoms. The quantitative estimate of drug-likeness (QED) is 0.108. The molecule has 0 aromatic heterocycles. The molecule has 6 nitrogen and oxygen atoms in total. The van der Waals surface area contributed by atoms with E-state index in [2.05, 4.69) is 300 Å². The van der Waals surface area contributed by atoms with Gasteiger partial charge in [0, 0.05) is 45.5 Å². The van der Waals surface area contributed by atoms with Crippen LogP contribution in [0.1, 0.15) is 84.7 Å². The zero-order valence-corrected chi connectivity index (χ0v) is 50.4. The molecule has 0 amide bonds. The molecule has 6 heteroatoms. The van der Waals surface area contributed by atoms with Crippen LogP contribution in [-0.4, -0.2) is 7.11 Å². The molecule has 0 spiro atoms. The number of hydrogen-bond acceptors (Lipinski definition) is 6. The molecule has 83 heavy (non-hydrogen) atoms. The number of nitriles is 2. The number of aryl methyl sites for hydroxylation is 7. The van der Waals surface area contributed by atoms with Crippen LogP contribution in [0.5, 0.6) is 5.75 Å². The van der Waals surface area contributed by atoms with Gasteiger partial charge < -0.3 is 19.4 Å². The molecule has 0 saturated carbocycles. The van der Waals surface area contributed by atoms with Crippen LogP contribution in [0.4, 0.5) is 51.2 Å². The highest BCUT2D eigenvalue weighted by atomic mass is 16.5. The van der Waals surface area contributed by atoms with Crippen LogP contribution >= 0.6 is 0 Å². The van der Waals surface area contributed by atoms with Crippen LogP contribution in [0.3, 0.4) is 0 Å². The van der Waals surface area contributed by atoms with E-state index in [1.54, 1.807) is 7.11 Å². The highest BCUT2D eigenvalue weighted by Crippen LogP contribution is 2.42. The minimum Gasteiger partial charge on any atom is -0.495 e. The third-order valence-corrected chi connectivity index (χ3v) is 15.1. The number of anilines is 9. The number of methoxy groups -OCH3 is 1. The van der Waals surface area contributed by atoms with E-state index in [4.69, 9.17) is 4.74 Å². The molecule has 0 aliphatic rings. The lowest BCUT2D eigenvalue weighted by molar-refractivity contribution is 0.415. The maximum atomic E-state index is 9.38. The number of benzene rings is 10. The van der Waals surface area contributed by atoms with Crippen LogP contribution in [-0.2, 0) is 17.3 Å². The summed E-state index contributed by atoms with van der Waals surface area (Å²) in [6, 6.07) is 88.0. The molecule has 0 atom stereocenters. The molecule has 0 heterocycles. The second-order valence-electron chi connectivity index (χ2n) is 22.5. The molecule has 416 valence electrons. The number of hydrogen-bond donors (Lipinski definition) is 0. The van der Waals surface area contributed by atoms with Crippen LogP contribution in [0, 0.1) is 64.2 Å². The summed E-state index contributed by atoms with van der Waals surface area (Å²) in [7, 11) is 1.74. The van der Waals surface area contributed by atoms with E-state index in [9.17, 15) is 10.5 Å². The summed E-state index contributed by atoms with van der Waals surface area (Å²) in [5.41, 5.74) is 22.1. The van der Waals surface area contributed by atoms with E-state index in [0.29, 0.717) is 0 Å². The smallest absolute Gasteiger partial charge is 0.143 e. The van der Waals surface area contributed by atoms with Gasteiger partial charge in [0.2, 0.25) is 0 Å². The first-order chi connectivity index (χ1) is 39.9. The van der Waals surface area contributed by atoms with Crippen molar-refractivity contribution in [2.75, 3.05) is 21.8 Å². The zero-order valence-electron chi connectivity index (χ0n) is 50.4. The van der Waals surface area contributed by atoms with E-state index in [0.717, 1.165) is 85.6 Å². The highest BCUT2D eigenvalue weighted by Gasteiger charge is 2.22. The van der Waals surface area contributed by atoms with E-state index >= 15 is 0 Å². The standard InChI is InChI=1S/C30H28N2.C24H24N2.C23H25NO/c1-22-5-15-27(16-6-22)32(28-17-7-23(2)8-18-28)29-19-11-25(12-20-29)24-9-13-26(14-10-24)30(3,4)21-31;1-18-5-11-21(12-6-18)26(22-13-7-19(2)8-14-22)23-15-9-20(10-16-23)24(3,4)17-25;1-5-19-10-15-22(23(16-19)25-4)24(20-11-6-17(2)7-12-20)21-13-8-18(3)9-14-21/h5-20H,1-4H3;5-16H,1-4H3;6-16H,5H2,1-4H3. The third kappa shape index (κ3) is 14.9. The van der Waals surface area contributed by atoms with Gasteiger partial charge in [-0.2, -0.15) is 10.5 Å². The van der Waals surface area contributed by atoms with Gasteiger partial charge in [-0.25, -0.2) is 0 Å². The van der Waals surface area contributed by atoms with Gasteiger partial charge in [0.15, 0.2) is 0 Å². The highest BCUT2D eigenvalue weighted by molar-refractivity contribution is 5.82. The Morgan fingerprint density at radius 1 is 0.337 bits per heavy atom. The predicted molar refractivity (Wildman–Crippen MR) is 350 cm³/mol. The minimum atomic E-state index is -0.489. The van der Waals surface area contributed by atoms with E-state index in [-0.39, 0.29) is 0 Å². The van der Waals surface area contributed by atoms with Gasteiger partial charge in [-0.1, -0.05) is 168 Å². The van der Waals surface area contributed by atoms with Gasteiger partial charge in [-0.05, 0) is 213 Å². The molecule has 0 saturated heterocycles. The summed E-state index contributed by atoms with van der Waals surface area (Å²) in [4.78, 5) is 6.76. The Morgan fingerprint density at radius 3 is 0.843 bits per heavy atom. The van der Waals surface area contributed by atoms with Gasteiger partial charge in [0.05, 0.1) is 35.8 Å². The molecule has 0 aliphatic carbocycles. The fraction of sp³-hybridized carbons (Fsp3) is 0.195. The zero-order chi connectivity index (χ0) is 59.3. The second-order valence-corrected chi connectivity index (χ2v) is 22.5. The summed E-state index contributed by atoms with van der Waals surface area (Å²) in [5, 5.41) is 18.8. The molecular weight excluding hydrogens is 1010 g/mol. The van der Waals surface area contributed by atoms with Crippen LogP contribution in [0.25, 0.3) is 11.1 Å². The van der Waals surface area contributed by atoms with Gasteiger partial charge in [0.25, 0.3) is 0 Å². The first-order valence-corrected chi connectivity index (χ1v) is 28.5. The Kier molecular flexibility index (Phi) is 19.2. The predicted octanol–water partition coefficient (Wildman–Crippen LogP) is 21.2. The Morgan fingerprint density at radius 2 is 0.578 bits per heavy atom. The molecule has 0 N–H and O–H groups in total.